The summed E-state index contributed by atoms with van der Waals surface area (Å²) in [6, 6.07) is 14.4. The predicted octanol–water partition coefficient (Wildman–Crippen LogP) is 2.68. The van der Waals surface area contributed by atoms with Crippen LogP contribution in [0.3, 0.4) is 0 Å². The van der Waals surface area contributed by atoms with E-state index in [1.165, 1.54) is 22.0 Å². The molecule has 0 aliphatic carbocycles. The summed E-state index contributed by atoms with van der Waals surface area (Å²) in [5, 5.41) is 0. The van der Waals surface area contributed by atoms with E-state index in [9.17, 15) is 12.8 Å². The molecule has 1 saturated heterocycles. The molecule has 0 atom stereocenters. The maximum atomic E-state index is 13.7. The predicted molar refractivity (Wildman–Crippen MR) is 96.5 cm³/mol. The highest BCUT2D eigenvalue weighted by Gasteiger charge is 2.28. The molecule has 134 valence electrons. The van der Waals surface area contributed by atoms with Crippen LogP contribution in [-0.4, -0.2) is 50.3 Å². The molecule has 1 aliphatic heterocycles. The molecule has 0 spiro atoms. The van der Waals surface area contributed by atoms with Gasteiger partial charge in [-0.15, -0.1) is 0 Å². The van der Waals surface area contributed by atoms with Gasteiger partial charge in [0.1, 0.15) is 5.82 Å². The molecule has 3 rings (SSSR count). The van der Waals surface area contributed by atoms with Crippen molar-refractivity contribution in [3.8, 4) is 0 Å². The lowest BCUT2D eigenvalue weighted by atomic mass is 10.1. The van der Waals surface area contributed by atoms with Gasteiger partial charge < -0.3 is 4.90 Å². The van der Waals surface area contributed by atoms with Gasteiger partial charge in [-0.05, 0) is 36.6 Å². The molecule has 0 saturated carbocycles. The Balaban J connectivity index is 1.58. The van der Waals surface area contributed by atoms with Crippen molar-refractivity contribution in [3.63, 3.8) is 0 Å². The first-order valence-electron chi connectivity index (χ1n) is 8.49. The van der Waals surface area contributed by atoms with Crippen LogP contribution in [-0.2, 0) is 16.4 Å². The van der Waals surface area contributed by atoms with Crippen molar-refractivity contribution in [1.29, 1.82) is 0 Å². The quantitative estimate of drug-likeness (QED) is 0.821. The SMILES string of the molecule is Cc1ccc(S(=O)(=O)N2CCN(CCc3ccccc3)CC2)cc1F. The molecule has 1 aliphatic rings. The Kier molecular flexibility index (Phi) is 5.51. The minimum atomic E-state index is -3.63. The standard InChI is InChI=1S/C19H23FN2O2S/c1-16-7-8-18(15-19(16)20)25(23,24)22-13-11-21(12-14-22)10-9-17-5-3-2-4-6-17/h2-8,15H,9-14H2,1H3. The molecule has 0 unspecified atom stereocenters. The smallest absolute Gasteiger partial charge is 0.243 e. The Hall–Kier alpha value is -1.76. The second-order valence-corrected chi connectivity index (χ2v) is 8.33. The molecule has 2 aromatic rings. The highest BCUT2D eigenvalue weighted by molar-refractivity contribution is 7.89. The van der Waals surface area contributed by atoms with Crippen molar-refractivity contribution >= 4 is 10.0 Å². The molecule has 0 N–H and O–H groups in total. The third-order valence-corrected chi connectivity index (χ3v) is 6.57. The minimum Gasteiger partial charge on any atom is -0.300 e. The summed E-state index contributed by atoms with van der Waals surface area (Å²) >= 11 is 0. The van der Waals surface area contributed by atoms with E-state index >= 15 is 0 Å². The van der Waals surface area contributed by atoms with Crippen LogP contribution in [0.2, 0.25) is 0 Å². The van der Waals surface area contributed by atoms with E-state index in [4.69, 9.17) is 0 Å². The lowest BCUT2D eigenvalue weighted by Gasteiger charge is -2.34. The summed E-state index contributed by atoms with van der Waals surface area (Å²) in [6.45, 7) is 4.80. The monoisotopic (exact) mass is 362 g/mol. The third kappa shape index (κ3) is 4.26. The zero-order valence-electron chi connectivity index (χ0n) is 14.4. The van der Waals surface area contributed by atoms with Crippen molar-refractivity contribution in [2.45, 2.75) is 18.2 Å². The van der Waals surface area contributed by atoms with Crippen LogP contribution in [0.5, 0.6) is 0 Å². The van der Waals surface area contributed by atoms with Crippen LogP contribution >= 0.6 is 0 Å². The van der Waals surface area contributed by atoms with Crippen molar-refractivity contribution in [3.05, 3.63) is 65.5 Å². The van der Waals surface area contributed by atoms with Crippen LogP contribution in [0.4, 0.5) is 4.39 Å². The molecule has 4 nitrogen and oxygen atoms in total. The number of hydrogen-bond donors (Lipinski definition) is 0. The first-order chi connectivity index (χ1) is 12.0. The van der Waals surface area contributed by atoms with E-state index in [-0.39, 0.29) is 4.90 Å². The first kappa shape index (κ1) is 18.0. The van der Waals surface area contributed by atoms with Crippen molar-refractivity contribution in [2.24, 2.45) is 0 Å². The van der Waals surface area contributed by atoms with Gasteiger partial charge in [-0.2, -0.15) is 4.31 Å². The van der Waals surface area contributed by atoms with Crippen LogP contribution in [0, 0.1) is 12.7 Å². The lowest BCUT2D eigenvalue weighted by Crippen LogP contribution is -2.49. The third-order valence-electron chi connectivity index (χ3n) is 4.67. The van der Waals surface area contributed by atoms with Gasteiger partial charge in [0.25, 0.3) is 0 Å². The zero-order valence-corrected chi connectivity index (χ0v) is 15.2. The second kappa shape index (κ2) is 7.64. The van der Waals surface area contributed by atoms with Crippen molar-refractivity contribution < 1.29 is 12.8 Å². The van der Waals surface area contributed by atoms with Gasteiger partial charge in [-0.3, -0.25) is 0 Å². The number of piperazine rings is 1. The van der Waals surface area contributed by atoms with E-state index in [1.807, 2.05) is 18.2 Å². The maximum absolute atomic E-state index is 13.7. The average Bonchev–Trinajstić information content (AvgIpc) is 2.63. The first-order valence-corrected chi connectivity index (χ1v) is 9.93. The van der Waals surface area contributed by atoms with Gasteiger partial charge in [-0.1, -0.05) is 36.4 Å². The van der Waals surface area contributed by atoms with Crippen LogP contribution in [0.25, 0.3) is 0 Å². The second-order valence-electron chi connectivity index (χ2n) is 6.39. The number of nitrogens with zero attached hydrogens (tertiary/aromatic N) is 2. The Morgan fingerprint density at radius 3 is 2.32 bits per heavy atom. The molecule has 0 radical (unpaired) electrons. The number of benzene rings is 2. The highest BCUT2D eigenvalue weighted by atomic mass is 32.2. The number of sulfonamides is 1. The molecule has 0 amide bonds. The number of aryl methyl sites for hydroxylation is 1. The molecule has 6 heteroatoms. The summed E-state index contributed by atoms with van der Waals surface area (Å²) in [7, 11) is -3.63. The summed E-state index contributed by atoms with van der Waals surface area (Å²) in [5.74, 6) is -0.484. The van der Waals surface area contributed by atoms with Crippen LogP contribution < -0.4 is 0 Å². The Morgan fingerprint density at radius 2 is 1.68 bits per heavy atom. The molecule has 1 heterocycles. The maximum Gasteiger partial charge on any atom is 0.243 e. The number of hydrogen-bond acceptors (Lipinski definition) is 3. The fourth-order valence-corrected chi connectivity index (χ4v) is 4.44. The van der Waals surface area contributed by atoms with Crippen molar-refractivity contribution in [2.75, 3.05) is 32.7 Å². The molecule has 0 bridgehead atoms. The van der Waals surface area contributed by atoms with Gasteiger partial charge in [0.2, 0.25) is 10.0 Å². The molecular formula is C19H23FN2O2S. The fourth-order valence-electron chi connectivity index (χ4n) is 3.01. The average molecular weight is 362 g/mol. The van der Waals surface area contributed by atoms with E-state index in [2.05, 4.69) is 17.0 Å². The Morgan fingerprint density at radius 1 is 1.00 bits per heavy atom. The fraction of sp³-hybridized carbons (Fsp3) is 0.368. The topological polar surface area (TPSA) is 40.6 Å². The summed E-state index contributed by atoms with van der Waals surface area (Å²) in [6.07, 6.45) is 0.955. The number of halogens is 1. The van der Waals surface area contributed by atoms with Crippen LogP contribution in [0.15, 0.2) is 53.4 Å². The lowest BCUT2D eigenvalue weighted by molar-refractivity contribution is 0.190. The summed E-state index contributed by atoms with van der Waals surface area (Å²) in [4.78, 5) is 2.31. The van der Waals surface area contributed by atoms with E-state index in [1.54, 1.807) is 6.92 Å². The van der Waals surface area contributed by atoms with Gasteiger partial charge in [0.15, 0.2) is 0 Å². The molecule has 0 aromatic heterocycles. The molecule has 2 aromatic carbocycles. The molecular weight excluding hydrogens is 339 g/mol. The van der Waals surface area contributed by atoms with E-state index in [0.717, 1.165) is 19.0 Å². The summed E-state index contributed by atoms with van der Waals surface area (Å²) in [5.41, 5.74) is 1.73. The Labute approximate surface area is 148 Å². The Bertz CT molecular complexity index is 817. The van der Waals surface area contributed by atoms with E-state index in [0.29, 0.717) is 31.7 Å². The largest absolute Gasteiger partial charge is 0.300 e. The van der Waals surface area contributed by atoms with Gasteiger partial charge in [-0.25, -0.2) is 12.8 Å². The minimum absolute atomic E-state index is 0.0355. The summed E-state index contributed by atoms with van der Waals surface area (Å²) < 4.78 is 40.5. The normalized spacial score (nSPS) is 16.9. The van der Waals surface area contributed by atoms with Gasteiger partial charge >= 0.3 is 0 Å². The van der Waals surface area contributed by atoms with Gasteiger partial charge in [0, 0.05) is 32.7 Å². The van der Waals surface area contributed by atoms with Crippen molar-refractivity contribution in [1.82, 2.24) is 9.21 Å². The molecule has 25 heavy (non-hydrogen) atoms. The zero-order chi connectivity index (χ0) is 17.9. The molecule has 1 fully saturated rings. The van der Waals surface area contributed by atoms with E-state index < -0.39 is 15.8 Å². The number of rotatable bonds is 5. The van der Waals surface area contributed by atoms with Crippen LogP contribution in [0.1, 0.15) is 11.1 Å². The van der Waals surface area contributed by atoms with Gasteiger partial charge in [0.05, 0.1) is 4.90 Å². The highest BCUT2D eigenvalue weighted by Crippen LogP contribution is 2.20.